The third kappa shape index (κ3) is 2.15. The molecule has 0 atom stereocenters. The van der Waals surface area contributed by atoms with Crippen molar-refractivity contribution in [2.75, 3.05) is 17.2 Å². The van der Waals surface area contributed by atoms with Crippen LogP contribution in [0.4, 0.5) is 11.1 Å². The van der Waals surface area contributed by atoms with Crippen LogP contribution in [0.15, 0.2) is 0 Å². The summed E-state index contributed by atoms with van der Waals surface area (Å²) in [5, 5.41) is 0.962. The first-order valence-corrected chi connectivity index (χ1v) is 5.80. The molecule has 1 aliphatic rings. The van der Waals surface area contributed by atoms with Crippen molar-refractivity contribution in [3.63, 3.8) is 0 Å². The maximum atomic E-state index is 5.52. The summed E-state index contributed by atoms with van der Waals surface area (Å²) in [5.74, 6) is 1.26. The van der Waals surface area contributed by atoms with Crippen molar-refractivity contribution in [2.24, 2.45) is 5.92 Å². The van der Waals surface area contributed by atoms with E-state index in [1.165, 1.54) is 24.4 Å². The maximum Gasteiger partial charge on any atom is 0.233 e. The Balaban J connectivity index is 2.08. The molecule has 78 valence electrons. The Morgan fingerprint density at radius 2 is 2.29 bits per heavy atom. The third-order valence-electron chi connectivity index (χ3n) is 2.45. The molecule has 0 saturated heterocycles. The summed E-state index contributed by atoms with van der Waals surface area (Å²) < 4.78 is 4.01. The zero-order valence-electron chi connectivity index (χ0n) is 8.60. The minimum atomic E-state index is 0.395. The van der Waals surface area contributed by atoms with Gasteiger partial charge in [0, 0.05) is 24.1 Å². The quantitative estimate of drug-likeness (QED) is 0.826. The Kier molecular flexibility index (Phi) is 2.58. The van der Waals surface area contributed by atoms with Gasteiger partial charge in [-0.3, -0.25) is 0 Å². The number of rotatable bonds is 4. The summed E-state index contributed by atoms with van der Waals surface area (Å²) in [6.45, 7) is 5.46. The van der Waals surface area contributed by atoms with E-state index in [0.29, 0.717) is 12.0 Å². The van der Waals surface area contributed by atoms with Gasteiger partial charge < -0.3 is 10.6 Å². The molecule has 1 aromatic rings. The van der Waals surface area contributed by atoms with Gasteiger partial charge in [-0.2, -0.15) is 9.36 Å². The first kappa shape index (κ1) is 9.71. The van der Waals surface area contributed by atoms with Crippen LogP contribution in [0.2, 0.25) is 0 Å². The van der Waals surface area contributed by atoms with Gasteiger partial charge in [0.15, 0.2) is 0 Å². The van der Waals surface area contributed by atoms with E-state index in [9.17, 15) is 0 Å². The highest BCUT2D eigenvalue weighted by Gasteiger charge is 2.27. The normalized spacial score (nSPS) is 16.2. The van der Waals surface area contributed by atoms with E-state index in [-0.39, 0.29) is 0 Å². The van der Waals surface area contributed by atoms with E-state index >= 15 is 0 Å². The standard InChI is InChI=1S/C9H16N4S/c1-6(2)13(5-7-3-4-7)9-11-8(10)12-14-9/h6-7H,3-5H2,1-2H3,(H2,10,12). The van der Waals surface area contributed by atoms with Crippen LogP contribution in [0.25, 0.3) is 0 Å². The Bertz CT molecular complexity index is 306. The first-order chi connectivity index (χ1) is 6.66. The predicted molar refractivity (Wildman–Crippen MR) is 59.5 cm³/mol. The average Bonchev–Trinajstić information content (AvgIpc) is 2.84. The molecule has 0 bridgehead atoms. The lowest BCUT2D eigenvalue weighted by atomic mass is 10.3. The number of nitrogens with two attached hydrogens (primary N) is 1. The van der Waals surface area contributed by atoms with Crippen LogP contribution in [-0.4, -0.2) is 21.9 Å². The molecule has 1 aromatic heterocycles. The van der Waals surface area contributed by atoms with Crippen molar-refractivity contribution in [2.45, 2.75) is 32.7 Å². The van der Waals surface area contributed by atoms with E-state index < -0.39 is 0 Å². The Labute approximate surface area is 88.3 Å². The lowest BCUT2D eigenvalue weighted by Gasteiger charge is -2.25. The zero-order valence-corrected chi connectivity index (χ0v) is 9.42. The summed E-state index contributed by atoms with van der Waals surface area (Å²) in [6.07, 6.45) is 2.72. The zero-order chi connectivity index (χ0) is 10.1. The minimum Gasteiger partial charge on any atom is -0.367 e. The summed E-state index contributed by atoms with van der Waals surface area (Å²) in [6, 6.07) is 0.475. The molecule has 1 fully saturated rings. The SMILES string of the molecule is CC(C)N(CC1CC1)c1nc(N)ns1. The highest BCUT2D eigenvalue weighted by molar-refractivity contribution is 7.09. The first-order valence-electron chi connectivity index (χ1n) is 5.02. The van der Waals surface area contributed by atoms with Crippen molar-refractivity contribution < 1.29 is 0 Å². The van der Waals surface area contributed by atoms with E-state index in [0.717, 1.165) is 17.6 Å². The van der Waals surface area contributed by atoms with Crippen LogP contribution in [0, 0.1) is 5.92 Å². The monoisotopic (exact) mass is 212 g/mol. The van der Waals surface area contributed by atoms with Gasteiger partial charge >= 0.3 is 0 Å². The molecule has 1 saturated carbocycles. The van der Waals surface area contributed by atoms with Crippen molar-refractivity contribution in [3.05, 3.63) is 0 Å². The van der Waals surface area contributed by atoms with Crippen molar-refractivity contribution in [1.82, 2.24) is 9.36 Å². The molecular formula is C9H16N4S. The number of aromatic nitrogens is 2. The highest BCUT2D eigenvalue weighted by atomic mass is 32.1. The Morgan fingerprint density at radius 3 is 2.71 bits per heavy atom. The van der Waals surface area contributed by atoms with Crippen LogP contribution in [-0.2, 0) is 0 Å². The molecule has 14 heavy (non-hydrogen) atoms. The summed E-state index contributed by atoms with van der Waals surface area (Å²) in [5.41, 5.74) is 5.52. The third-order valence-corrected chi connectivity index (χ3v) is 3.22. The van der Waals surface area contributed by atoms with Gasteiger partial charge in [-0.05, 0) is 32.6 Å². The van der Waals surface area contributed by atoms with Gasteiger partial charge in [0.05, 0.1) is 0 Å². The molecule has 4 nitrogen and oxygen atoms in total. The molecule has 2 N–H and O–H groups in total. The van der Waals surface area contributed by atoms with Gasteiger partial charge in [-0.15, -0.1) is 0 Å². The van der Waals surface area contributed by atoms with Crippen molar-refractivity contribution in [3.8, 4) is 0 Å². The van der Waals surface area contributed by atoms with Gasteiger partial charge in [-0.25, -0.2) is 0 Å². The second kappa shape index (κ2) is 3.73. The lowest BCUT2D eigenvalue weighted by molar-refractivity contribution is 0.643. The van der Waals surface area contributed by atoms with Gasteiger partial charge in [-0.1, -0.05) is 0 Å². The Hall–Kier alpha value is -0.840. The topological polar surface area (TPSA) is 55.0 Å². The molecule has 0 radical (unpaired) electrons. The predicted octanol–water partition coefficient (Wildman–Crippen LogP) is 1.75. The summed E-state index contributed by atoms with van der Waals surface area (Å²) in [7, 11) is 0. The van der Waals surface area contributed by atoms with Crippen molar-refractivity contribution >= 4 is 22.6 Å². The molecule has 0 spiro atoms. The molecule has 1 aliphatic carbocycles. The largest absolute Gasteiger partial charge is 0.367 e. The van der Waals surface area contributed by atoms with E-state index in [1.54, 1.807) is 0 Å². The van der Waals surface area contributed by atoms with Crippen LogP contribution in [0.1, 0.15) is 26.7 Å². The lowest BCUT2D eigenvalue weighted by Crippen LogP contribution is -2.32. The summed E-state index contributed by atoms with van der Waals surface area (Å²) >= 11 is 1.40. The van der Waals surface area contributed by atoms with E-state index in [2.05, 4.69) is 28.1 Å². The van der Waals surface area contributed by atoms with Crippen molar-refractivity contribution in [1.29, 1.82) is 0 Å². The van der Waals surface area contributed by atoms with E-state index in [1.807, 2.05) is 0 Å². The Morgan fingerprint density at radius 1 is 1.57 bits per heavy atom. The molecule has 5 heteroatoms. The summed E-state index contributed by atoms with van der Waals surface area (Å²) in [4.78, 5) is 6.52. The van der Waals surface area contributed by atoms with E-state index in [4.69, 9.17) is 5.73 Å². The number of nitrogens with zero attached hydrogens (tertiary/aromatic N) is 3. The fraction of sp³-hybridized carbons (Fsp3) is 0.778. The van der Waals surface area contributed by atoms with Crippen LogP contribution in [0.5, 0.6) is 0 Å². The van der Waals surface area contributed by atoms with Gasteiger partial charge in [0.2, 0.25) is 11.1 Å². The van der Waals surface area contributed by atoms with Gasteiger partial charge in [0.1, 0.15) is 0 Å². The number of anilines is 2. The smallest absolute Gasteiger partial charge is 0.233 e. The maximum absolute atomic E-state index is 5.52. The molecule has 2 rings (SSSR count). The second-order valence-corrected chi connectivity index (χ2v) is 4.85. The number of nitrogen functional groups attached to an aromatic ring is 1. The minimum absolute atomic E-state index is 0.395. The van der Waals surface area contributed by atoms with Crippen LogP contribution < -0.4 is 10.6 Å². The number of hydrogen-bond donors (Lipinski definition) is 1. The average molecular weight is 212 g/mol. The molecule has 0 amide bonds. The molecule has 0 unspecified atom stereocenters. The number of hydrogen-bond acceptors (Lipinski definition) is 5. The fourth-order valence-corrected chi connectivity index (χ4v) is 2.17. The highest BCUT2D eigenvalue weighted by Crippen LogP contribution is 2.32. The molecule has 0 aliphatic heterocycles. The van der Waals surface area contributed by atoms with Crippen LogP contribution in [0.3, 0.4) is 0 Å². The molecule has 0 aromatic carbocycles. The second-order valence-electron chi connectivity index (χ2n) is 4.12. The van der Waals surface area contributed by atoms with Gasteiger partial charge in [0.25, 0.3) is 0 Å². The van der Waals surface area contributed by atoms with Crippen LogP contribution >= 0.6 is 11.5 Å². The fourth-order valence-electron chi connectivity index (χ4n) is 1.43. The molecule has 1 heterocycles. The molecular weight excluding hydrogens is 196 g/mol.